The van der Waals surface area contributed by atoms with Crippen LogP contribution in [0.25, 0.3) is 0 Å². The Labute approximate surface area is 90.3 Å². The molecule has 7 heteroatoms. The van der Waals surface area contributed by atoms with Crippen molar-refractivity contribution in [3.05, 3.63) is 24.0 Å². The summed E-state index contributed by atoms with van der Waals surface area (Å²) in [7, 11) is 0. The van der Waals surface area contributed by atoms with E-state index in [-0.39, 0.29) is 11.4 Å². The molecule has 0 unspecified atom stereocenters. The van der Waals surface area contributed by atoms with Crippen molar-refractivity contribution < 1.29 is 18.7 Å². The fourth-order valence-corrected chi connectivity index (χ4v) is 0.963. The van der Waals surface area contributed by atoms with Crippen LogP contribution < -0.4 is 11.1 Å². The lowest BCUT2D eigenvalue weighted by atomic mass is 10.3. The molecule has 1 aromatic heterocycles. The van der Waals surface area contributed by atoms with Gasteiger partial charge in [0.15, 0.2) is 0 Å². The van der Waals surface area contributed by atoms with Crippen LogP contribution in [0.4, 0.5) is 14.5 Å². The van der Waals surface area contributed by atoms with Crippen molar-refractivity contribution in [1.29, 1.82) is 0 Å². The quantitative estimate of drug-likeness (QED) is 0.676. The standard InChI is InChI=1S/C9H11F2N3O2/c10-9(11,5-15)4-14-6-1-2-13-7(3-6)8(12)16/h1-3,15H,4-5H2,(H2,12,16)(H,13,14). The Balaban J connectivity index is 2.68. The number of hydrogen-bond donors (Lipinski definition) is 3. The van der Waals surface area contributed by atoms with Crippen molar-refractivity contribution >= 4 is 11.6 Å². The van der Waals surface area contributed by atoms with E-state index in [9.17, 15) is 13.6 Å². The summed E-state index contributed by atoms with van der Waals surface area (Å²) in [5, 5.41) is 10.7. The number of rotatable bonds is 5. The van der Waals surface area contributed by atoms with Crippen molar-refractivity contribution in [2.75, 3.05) is 18.5 Å². The van der Waals surface area contributed by atoms with E-state index < -0.39 is 25.0 Å². The Kier molecular flexibility index (Phi) is 3.73. The highest BCUT2D eigenvalue weighted by Gasteiger charge is 2.27. The number of halogens is 2. The molecule has 4 N–H and O–H groups in total. The maximum absolute atomic E-state index is 12.7. The van der Waals surface area contributed by atoms with Gasteiger partial charge >= 0.3 is 0 Å². The number of amides is 1. The number of carbonyl (C=O) groups excluding carboxylic acids is 1. The number of pyridine rings is 1. The SMILES string of the molecule is NC(=O)c1cc(NCC(F)(F)CO)ccn1. The molecule has 5 nitrogen and oxygen atoms in total. The van der Waals surface area contributed by atoms with Crippen LogP contribution in [0.1, 0.15) is 10.5 Å². The van der Waals surface area contributed by atoms with Crippen LogP contribution in [-0.2, 0) is 0 Å². The van der Waals surface area contributed by atoms with E-state index >= 15 is 0 Å². The van der Waals surface area contributed by atoms with Gasteiger partial charge < -0.3 is 16.2 Å². The number of aromatic nitrogens is 1. The second kappa shape index (κ2) is 4.84. The van der Waals surface area contributed by atoms with Gasteiger partial charge in [-0.05, 0) is 12.1 Å². The predicted octanol–water partition coefficient (Wildman–Crippen LogP) is 0.220. The molecule has 1 aromatic rings. The monoisotopic (exact) mass is 231 g/mol. The van der Waals surface area contributed by atoms with E-state index in [4.69, 9.17) is 10.8 Å². The zero-order chi connectivity index (χ0) is 12.2. The molecule has 0 aliphatic rings. The lowest BCUT2D eigenvalue weighted by Crippen LogP contribution is -2.31. The highest BCUT2D eigenvalue weighted by molar-refractivity contribution is 5.91. The Hall–Kier alpha value is -1.76. The summed E-state index contributed by atoms with van der Waals surface area (Å²) in [5.41, 5.74) is 5.25. The van der Waals surface area contributed by atoms with E-state index in [1.165, 1.54) is 18.3 Å². The van der Waals surface area contributed by atoms with Gasteiger partial charge in [0.2, 0.25) is 0 Å². The van der Waals surface area contributed by atoms with Gasteiger partial charge in [-0.2, -0.15) is 0 Å². The van der Waals surface area contributed by atoms with Gasteiger partial charge in [0.25, 0.3) is 11.8 Å². The topological polar surface area (TPSA) is 88.2 Å². The number of aliphatic hydroxyl groups excluding tert-OH is 1. The molecule has 0 spiro atoms. The summed E-state index contributed by atoms with van der Waals surface area (Å²) in [4.78, 5) is 14.4. The number of carbonyl (C=O) groups is 1. The van der Waals surface area contributed by atoms with Crippen LogP contribution in [0, 0.1) is 0 Å². The second-order valence-electron chi connectivity index (χ2n) is 3.16. The van der Waals surface area contributed by atoms with Crippen LogP contribution in [0.5, 0.6) is 0 Å². The zero-order valence-corrected chi connectivity index (χ0v) is 8.28. The van der Waals surface area contributed by atoms with Crippen LogP contribution in [0.2, 0.25) is 0 Å². The molecule has 1 amide bonds. The number of nitrogens with zero attached hydrogens (tertiary/aromatic N) is 1. The average molecular weight is 231 g/mol. The molecule has 0 radical (unpaired) electrons. The number of anilines is 1. The minimum atomic E-state index is -3.21. The van der Waals surface area contributed by atoms with Gasteiger partial charge in [-0.15, -0.1) is 0 Å². The maximum Gasteiger partial charge on any atom is 0.287 e. The van der Waals surface area contributed by atoms with Crippen molar-refractivity contribution in [2.45, 2.75) is 5.92 Å². The van der Waals surface area contributed by atoms with Crippen molar-refractivity contribution in [3.8, 4) is 0 Å². The Morgan fingerprint density at radius 3 is 2.88 bits per heavy atom. The smallest absolute Gasteiger partial charge is 0.287 e. The maximum atomic E-state index is 12.7. The highest BCUT2D eigenvalue weighted by atomic mass is 19.3. The molecule has 0 fully saturated rings. The van der Waals surface area contributed by atoms with Crippen LogP contribution in [0.3, 0.4) is 0 Å². The minimum absolute atomic E-state index is 0.0164. The summed E-state index contributed by atoms with van der Waals surface area (Å²) in [6, 6.07) is 2.68. The van der Waals surface area contributed by atoms with E-state index in [1.54, 1.807) is 0 Å². The summed E-state index contributed by atoms with van der Waals surface area (Å²) in [6.07, 6.45) is 1.28. The molecular formula is C9H11F2N3O2. The Morgan fingerprint density at radius 1 is 1.62 bits per heavy atom. The third kappa shape index (κ3) is 3.43. The van der Waals surface area contributed by atoms with E-state index in [0.29, 0.717) is 0 Å². The van der Waals surface area contributed by atoms with Gasteiger partial charge in [0.05, 0.1) is 6.54 Å². The molecule has 1 heterocycles. The summed E-state index contributed by atoms with van der Waals surface area (Å²) in [5.74, 6) is -3.95. The van der Waals surface area contributed by atoms with Gasteiger partial charge in [-0.3, -0.25) is 9.78 Å². The molecule has 0 saturated heterocycles. The van der Waals surface area contributed by atoms with Gasteiger partial charge in [-0.25, -0.2) is 8.78 Å². The zero-order valence-electron chi connectivity index (χ0n) is 8.28. The average Bonchev–Trinajstić information content (AvgIpc) is 2.27. The van der Waals surface area contributed by atoms with Gasteiger partial charge in [-0.1, -0.05) is 0 Å². The third-order valence-electron chi connectivity index (χ3n) is 1.79. The number of primary amides is 1. The third-order valence-corrected chi connectivity index (χ3v) is 1.79. The van der Waals surface area contributed by atoms with Crippen molar-refractivity contribution in [3.63, 3.8) is 0 Å². The molecule has 0 saturated carbocycles. The summed E-state index contributed by atoms with van der Waals surface area (Å²) >= 11 is 0. The first-order valence-corrected chi connectivity index (χ1v) is 4.43. The van der Waals surface area contributed by atoms with E-state index in [1.807, 2.05) is 0 Å². The largest absolute Gasteiger partial charge is 0.390 e. The molecule has 0 atom stereocenters. The van der Waals surface area contributed by atoms with Crippen LogP contribution >= 0.6 is 0 Å². The first-order chi connectivity index (χ1) is 7.44. The van der Waals surface area contributed by atoms with Crippen LogP contribution in [-0.4, -0.2) is 35.1 Å². The normalized spacial score (nSPS) is 11.2. The van der Waals surface area contributed by atoms with E-state index in [2.05, 4.69) is 10.3 Å². The summed E-state index contributed by atoms with van der Waals surface area (Å²) < 4.78 is 25.4. The number of aliphatic hydroxyl groups is 1. The first-order valence-electron chi connectivity index (χ1n) is 4.43. The van der Waals surface area contributed by atoms with Crippen molar-refractivity contribution in [2.24, 2.45) is 5.73 Å². The highest BCUT2D eigenvalue weighted by Crippen LogP contribution is 2.14. The molecule has 0 bridgehead atoms. The minimum Gasteiger partial charge on any atom is -0.390 e. The van der Waals surface area contributed by atoms with Gasteiger partial charge in [0, 0.05) is 11.9 Å². The fourth-order valence-electron chi connectivity index (χ4n) is 0.963. The van der Waals surface area contributed by atoms with Crippen LogP contribution in [0.15, 0.2) is 18.3 Å². The number of nitrogens with one attached hydrogen (secondary N) is 1. The molecule has 0 aromatic carbocycles. The fraction of sp³-hybridized carbons (Fsp3) is 0.333. The molecular weight excluding hydrogens is 220 g/mol. The lowest BCUT2D eigenvalue weighted by molar-refractivity contribution is -0.0372. The Bertz CT molecular complexity index is 385. The number of alkyl halides is 2. The molecule has 16 heavy (non-hydrogen) atoms. The molecule has 0 aliphatic carbocycles. The molecule has 1 rings (SSSR count). The number of hydrogen-bond acceptors (Lipinski definition) is 4. The van der Waals surface area contributed by atoms with Gasteiger partial charge in [0.1, 0.15) is 12.3 Å². The lowest BCUT2D eigenvalue weighted by Gasteiger charge is -2.14. The second-order valence-corrected chi connectivity index (χ2v) is 3.16. The predicted molar refractivity (Wildman–Crippen MR) is 53.3 cm³/mol. The molecule has 0 aliphatic heterocycles. The first kappa shape index (κ1) is 12.3. The Morgan fingerprint density at radius 2 is 2.31 bits per heavy atom. The summed E-state index contributed by atoms with van der Waals surface area (Å²) in [6.45, 7) is -1.97. The number of nitrogens with two attached hydrogens (primary N) is 1. The molecule has 88 valence electrons. The van der Waals surface area contributed by atoms with E-state index in [0.717, 1.165) is 0 Å². The van der Waals surface area contributed by atoms with Crippen molar-refractivity contribution in [1.82, 2.24) is 4.98 Å².